The topological polar surface area (TPSA) is 71.8 Å². The maximum absolute atomic E-state index is 12.2. The smallest absolute Gasteiger partial charge is 0.224 e. The van der Waals surface area contributed by atoms with Crippen molar-refractivity contribution in [3.05, 3.63) is 36.8 Å². The number of anilines is 1. The first-order valence-corrected chi connectivity index (χ1v) is 8.19. The maximum Gasteiger partial charge on any atom is 0.224 e. The van der Waals surface area contributed by atoms with Crippen LogP contribution in [0.1, 0.15) is 26.2 Å². The summed E-state index contributed by atoms with van der Waals surface area (Å²) in [5.41, 5.74) is 0.722. The highest BCUT2D eigenvalue weighted by molar-refractivity contribution is 5.90. The standard InChI is InChI=1S/C17H23N5O.2ClH/c1-13(14-4-2-7-18-11-14)10-17(23)21-15-5-6-16(19-12-15)22-9-3-8-20-22;;/h3,5-6,8-9,12-14,18H,2,4,7,10-11H2,1H3,(H,21,23);2*1H. The van der Waals surface area contributed by atoms with Crippen molar-refractivity contribution >= 4 is 36.4 Å². The Hall–Kier alpha value is -1.63. The van der Waals surface area contributed by atoms with Crippen LogP contribution >= 0.6 is 24.8 Å². The number of halogens is 2. The van der Waals surface area contributed by atoms with E-state index in [1.807, 2.05) is 24.4 Å². The highest BCUT2D eigenvalue weighted by Crippen LogP contribution is 2.23. The van der Waals surface area contributed by atoms with E-state index in [4.69, 9.17) is 0 Å². The number of aromatic nitrogens is 3. The summed E-state index contributed by atoms with van der Waals surface area (Å²) in [5.74, 6) is 1.76. The van der Waals surface area contributed by atoms with Crippen LogP contribution in [0.25, 0.3) is 5.82 Å². The van der Waals surface area contributed by atoms with Crippen LogP contribution in [0.15, 0.2) is 36.8 Å². The molecule has 3 heterocycles. The number of hydrogen-bond donors (Lipinski definition) is 2. The molecule has 25 heavy (non-hydrogen) atoms. The Balaban J connectivity index is 0.00000156. The summed E-state index contributed by atoms with van der Waals surface area (Å²) in [4.78, 5) is 16.5. The van der Waals surface area contributed by atoms with Gasteiger partial charge in [-0.2, -0.15) is 5.10 Å². The van der Waals surface area contributed by atoms with E-state index in [-0.39, 0.29) is 30.7 Å². The van der Waals surface area contributed by atoms with Crippen LogP contribution in [-0.4, -0.2) is 33.8 Å². The fourth-order valence-electron chi connectivity index (χ4n) is 3.04. The minimum atomic E-state index is 0. The Kier molecular flexibility index (Phi) is 8.89. The number of pyridine rings is 1. The second-order valence-corrected chi connectivity index (χ2v) is 6.19. The maximum atomic E-state index is 12.2. The molecule has 1 saturated heterocycles. The zero-order valence-corrected chi connectivity index (χ0v) is 15.9. The van der Waals surface area contributed by atoms with Gasteiger partial charge in [-0.3, -0.25) is 4.79 Å². The molecule has 2 aromatic rings. The van der Waals surface area contributed by atoms with Crippen LogP contribution in [0.4, 0.5) is 5.69 Å². The Morgan fingerprint density at radius 2 is 2.28 bits per heavy atom. The first kappa shape index (κ1) is 21.4. The van der Waals surface area contributed by atoms with E-state index >= 15 is 0 Å². The molecule has 1 aliphatic heterocycles. The van der Waals surface area contributed by atoms with E-state index in [9.17, 15) is 4.79 Å². The van der Waals surface area contributed by atoms with Crippen molar-refractivity contribution in [3.8, 4) is 5.82 Å². The molecule has 1 aliphatic rings. The molecule has 3 rings (SSSR count). The van der Waals surface area contributed by atoms with Crippen molar-refractivity contribution in [1.29, 1.82) is 0 Å². The first-order chi connectivity index (χ1) is 11.2. The van der Waals surface area contributed by atoms with Crippen LogP contribution in [0.3, 0.4) is 0 Å². The predicted octanol–water partition coefficient (Wildman–Crippen LogP) is 3.08. The summed E-state index contributed by atoms with van der Waals surface area (Å²) >= 11 is 0. The van der Waals surface area contributed by atoms with Gasteiger partial charge in [0.05, 0.1) is 11.9 Å². The Labute approximate surface area is 160 Å². The lowest BCUT2D eigenvalue weighted by Crippen LogP contribution is -2.34. The molecule has 1 amide bonds. The third-order valence-electron chi connectivity index (χ3n) is 4.42. The van der Waals surface area contributed by atoms with Gasteiger partial charge in [0.2, 0.25) is 5.91 Å². The van der Waals surface area contributed by atoms with Crippen LogP contribution in [0.5, 0.6) is 0 Å². The van der Waals surface area contributed by atoms with Gasteiger partial charge in [-0.15, -0.1) is 24.8 Å². The van der Waals surface area contributed by atoms with Gasteiger partial charge in [0.1, 0.15) is 0 Å². The highest BCUT2D eigenvalue weighted by Gasteiger charge is 2.22. The summed E-state index contributed by atoms with van der Waals surface area (Å²) in [6, 6.07) is 5.55. The molecule has 2 unspecified atom stereocenters. The predicted molar refractivity (Wildman–Crippen MR) is 104 cm³/mol. The molecule has 0 bridgehead atoms. The Bertz CT molecular complexity index is 627. The van der Waals surface area contributed by atoms with E-state index in [1.54, 1.807) is 17.1 Å². The molecule has 0 radical (unpaired) electrons. The van der Waals surface area contributed by atoms with Crippen molar-refractivity contribution in [1.82, 2.24) is 20.1 Å². The van der Waals surface area contributed by atoms with Gasteiger partial charge >= 0.3 is 0 Å². The lowest BCUT2D eigenvalue weighted by atomic mass is 9.85. The molecule has 2 N–H and O–H groups in total. The van der Waals surface area contributed by atoms with Gasteiger partial charge in [-0.25, -0.2) is 9.67 Å². The quantitative estimate of drug-likeness (QED) is 0.829. The van der Waals surface area contributed by atoms with Gasteiger partial charge in [0.15, 0.2) is 5.82 Å². The average Bonchev–Trinajstić information content (AvgIpc) is 3.11. The van der Waals surface area contributed by atoms with Crippen molar-refractivity contribution in [2.24, 2.45) is 11.8 Å². The third kappa shape index (κ3) is 5.99. The molecular weight excluding hydrogens is 361 g/mol. The molecule has 0 saturated carbocycles. The van der Waals surface area contributed by atoms with E-state index in [1.165, 1.54) is 12.8 Å². The summed E-state index contributed by atoms with van der Waals surface area (Å²) in [6.07, 6.45) is 8.17. The molecule has 138 valence electrons. The Morgan fingerprint density at radius 1 is 1.44 bits per heavy atom. The van der Waals surface area contributed by atoms with Crippen LogP contribution < -0.4 is 10.6 Å². The number of piperidine rings is 1. The van der Waals surface area contributed by atoms with Crippen molar-refractivity contribution in [2.75, 3.05) is 18.4 Å². The minimum absolute atomic E-state index is 0. The van der Waals surface area contributed by atoms with Gasteiger partial charge in [-0.1, -0.05) is 6.92 Å². The number of nitrogens with one attached hydrogen (secondary N) is 2. The second kappa shape index (κ2) is 10.4. The van der Waals surface area contributed by atoms with E-state index in [0.717, 1.165) is 24.6 Å². The number of rotatable bonds is 5. The van der Waals surface area contributed by atoms with Crippen LogP contribution in [0, 0.1) is 11.8 Å². The lowest BCUT2D eigenvalue weighted by Gasteiger charge is -2.28. The zero-order chi connectivity index (χ0) is 16.1. The molecule has 0 aromatic carbocycles. The number of nitrogens with zero attached hydrogens (tertiary/aromatic N) is 3. The Morgan fingerprint density at radius 3 is 2.88 bits per heavy atom. The van der Waals surface area contributed by atoms with Crippen molar-refractivity contribution < 1.29 is 4.79 Å². The van der Waals surface area contributed by atoms with E-state index in [2.05, 4.69) is 27.6 Å². The van der Waals surface area contributed by atoms with Gasteiger partial charge in [0, 0.05) is 18.8 Å². The molecule has 0 aliphatic carbocycles. The molecule has 2 atom stereocenters. The van der Waals surface area contributed by atoms with Crippen LogP contribution in [-0.2, 0) is 4.79 Å². The normalized spacial score (nSPS) is 17.7. The van der Waals surface area contributed by atoms with Crippen molar-refractivity contribution in [2.45, 2.75) is 26.2 Å². The molecule has 0 spiro atoms. The summed E-state index contributed by atoms with van der Waals surface area (Å²) in [5, 5.41) is 10.5. The van der Waals surface area contributed by atoms with Gasteiger partial charge in [-0.05, 0) is 56.0 Å². The van der Waals surface area contributed by atoms with Gasteiger partial charge < -0.3 is 10.6 Å². The largest absolute Gasteiger partial charge is 0.325 e. The van der Waals surface area contributed by atoms with Gasteiger partial charge in [0.25, 0.3) is 0 Å². The lowest BCUT2D eigenvalue weighted by molar-refractivity contribution is -0.117. The molecular formula is C17H25Cl2N5O. The SMILES string of the molecule is CC(CC(=O)Nc1ccc(-n2cccn2)nc1)C1CCCNC1.Cl.Cl. The summed E-state index contributed by atoms with van der Waals surface area (Å²) in [6.45, 7) is 4.29. The zero-order valence-electron chi connectivity index (χ0n) is 14.2. The number of amides is 1. The monoisotopic (exact) mass is 385 g/mol. The fourth-order valence-corrected chi connectivity index (χ4v) is 3.04. The summed E-state index contributed by atoms with van der Waals surface area (Å²) < 4.78 is 1.68. The van der Waals surface area contributed by atoms with E-state index < -0.39 is 0 Å². The molecule has 6 nitrogen and oxygen atoms in total. The molecule has 1 fully saturated rings. The number of hydrogen-bond acceptors (Lipinski definition) is 4. The average molecular weight is 386 g/mol. The molecule has 8 heteroatoms. The molecule has 2 aromatic heterocycles. The van der Waals surface area contributed by atoms with E-state index in [0.29, 0.717) is 18.3 Å². The third-order valence-corrected chi connectivity index (χ3v) is 4.42. The highest BCUT2D eigenvalue weighted by atomic mass is 35.5. The first-order valence-electron chi connectivity index (χ1n) is 8.19. The summed E-state index contributed by atoms with van der Waals surface area (Å²) in [7, 11) is 0. The van der Waals surface area contributed by atoms with Crippen molar-refractivity contribution in [3.63, 3.8) is 0 Å². The number of carbonyl (C=O) groups excluding carboxylic acids is 1. The van der Waals surface area contributed by atoms with Crippen LogP contribution in [0.2, 0.25) is 0 Å². The minimum Gasteiger partial charge on any atom is -0.325 e. The second-order valence-electron chi connectivity index (χ2n) is 6.19. The fraction of sp³-hybridized carbons (Fsp3) is 0.471. The number of carbonyl (C=O) groups is 1.